The highest BCUT2D eigenvalue weighted by atomic mass is 32.1. The van der Waals surface area contributed by atoms with Crippen LogP contribution in [0.2, 0.25) is 0 Å². The number of aryl methyl sites for hydroxylation is 1. The SMILES string of the molecule is Cc1csc2c1C(N1CCN(CCC(=O)O)CC1)=Nc1ccccc1N2. The van der Waals surface area contributed by atoms with Crippen LogP contribution in [0.4, 0.5) is 16.4 Å². The molecule has 1 saturated heterocycles. The smallest absolute Gasteiger partial charge is 0.304 e. The minimum atomic E-state index is -0.734. The van der Waals surface area contributed by atoms with E-state index in [1.165, 1.54) is 11.1 Å². The number of carbonyl (C=O) groups is 1. The standard InChI is InChI=1S/C19H22N4O2S/c1-13-12-26-19-17(13)18(20-14-4-2-3-5-15(14)21-19)23-10-8-22(9-11-23)7-6-16(24)25/h2-5,12,21H,6-11H2,1H3,(H,24,25). The second-order valence-electron chi connectivity index (χ2n) is 6.67. The molecule has 1 fully saturated rings. The predicted octanol–water partition coefficient (Wildman–Crippen LogP) is 3.28. The van der Waals surface area contributed by atoms with E-state index in [9.17, 15) is 4.79 Å². The van der Waals surface area contributed by atoms with Crippen molar-refractivity contribution in [1.82, 2.24) is 9.80 Å². The van der Waals surface area contributed by atoms with Gasteiger partial charge in [-0.2, -0.15) is 0 Å². The summed E-state index contributed by atoms with van der Waals surface area (Å²) >= 11 is 1.71. The number of fused-ring (bicyclic) bond motifs is 2. The number of piperazine rings is 1. The number of carboxylic acids is 1. The number of amidine groups is 1. The Labute approximate surface area is 156 Å². The van der Waals surface area contributed by atoms with Gasteiger partial charge in [-0.05, 0) is 30.0 Å². The Morgan fingerprint density at radius 1 is 1.27 bits per heavy atom. The van der Waals surface area contributed by atoms with Gasteiger partial charge in [0.1, 0.15) is 10.8 Å². The fourth-order valence-corrected chi connectivity index (χ4v) is 4.40. The molecule has 1 aromatic carbocycles. The molecule has 0 bridgehead atoms. The molecule has 6 nitrogen and oxygen atoms in total. The first-order valence-corrected chi connectivity index (χ1v) is 9.72. The van der Waals surface area contributed by atoms with E-state index in [1.54, 1.807) is 11.3 Å². The first kappa shape index (κ1) is 17.1. The van der Waals surface area contributed by atoms with Crippen LogP contribution in [0.5, 0.6) is 0 Å². The third kappa shape index (κ3) is 3.32. The van der Waals surface area contributed by atoms with Crippen LogP contribution in [0.1, 0.15) is 17.5 Å². The van der Waals surface area contributed by atoms with E-state index < -0.39 is 5.97 Å². The molecule has 0 aliphatic carbocycles. The summed E-state index contributed by atoms with van der Waals surface area (Å²) in [4.78, 5) is 20.4. The molecule has 136 valence electrons. The number of nitrogens with zero attached hydrogens (tertiary/aromatic N) is 3. The van der Waals surface area contributed by atoms with Crippen molar-refractivity contribution in [3.8, 4) is 0 Å². The molecule has 0 spiro atoms. The lowest BCUT2D eigenvalue weighted by Gasteiger charge is -2.36. The van der Waals surface area contributed by atoms with Gasteiger partial charge in [-0.1, -0.05) is 12.1 Å². The monoisotopic (exact) mass is 370 g/mol. The fraction of sp³-hybridized carbons (Fsp3) is 0.368. The Morgan fingerprint density at radius 3 is 2.81 bits per heavy atom. The zero-order valence-corrected chi connectivity index (χ0v) is 15.6. The number of nitrogens with one attached hydrogen (secondary N) is 1. The van der Waals surface area contributed by atoms with Crippen LogP contribution in [-0.4, -0.2) is 59.4 Å². The van der Waals surface area contributed by atoms with Crippen LogP contribution < -0.4 is 5.32 Å². The summed E-state index contributed by atoms with van der Waals surface area (Å²) < 4.78 is 0. The van der Waals surface area contributed by atoms with Crippen molar-refractivity contribution in [1.29, 1.82) is 0 Å². The number of para-hydroxylation sites is 2. The molecule has 2 N–H and O–H groups in total. The van der Waals surface area contributed by atoms with Gasteiger partial charge in [0.2, 0.25) is 0 Å². The largest absolute Gasteiger partial charge is 0.481 e. The molecule has 2 aliphatic heterocycles. The normalized spacial score (nSPS) is 17.0. The summed E-state index contributed by atoms with van der Waals surface area (Å²) in [5.41, 5.74) is 4.41. The molecule has 2 aliphatic rings. The first-order chi connectivity index (χ1) is 12.6. The van der Waals surface area contributed by atoms with Crippen molar-refractivity contribution in [2.75, 3.05) is 38.0 Å². The van der Waals surface area contributed by atoms with Gasteiger partial charge in [0, 0.05) is 32.7 Å². The van der Waals surface area contributed by atoms with Crippen molar-refractivity contribution in [2.24, 2.45) is 4.99 Å². The van der Waals surface area contributed by atoms with Gasteiger partial charge >= 0.3 is 5.97 Å². The highest BCUT2D eigenvalue weighted by Crippen LogP contribution is 2.39. The number of rotatable bonds is 3. The lowest BCUT2D eigenvalue weighted by Crippen LogP contribution is -2.49. The summed E-state index contributed by atoms with van der Waals surface area (Å²) in [6.07, 6.45) is 0.200. The van der Waals surface area contributed by atoms with Crippen LogP contribution in [0, 0.1) is 6.92 Å². The van der Waals surface area contributed by atoms with Gasteiger partial charge in [-0.15, -0.1) is 11.3 Å². The summed E-state index contributed by atoms with van der Waals surface area (Å²) in [5.74, 6) is 0.288. The summed E-state index contributed by atoms with van der Waals surface area (Å²) in [6, 6.07) is 8.13. The molecule has 0 atom stereocenters. The predicted molar refractivity (Wildman–Crippen MR) is 105 cm³/mol. The Hall–Kier alpha value is -2.38. The average molecular weight is 370 g/mol. The molecule has 4 rings (SSSR count). The third-order valence-electron chi connectivity index (χ3n) is 4.89. The molecule has 0 amide bonds. The lowest BCUT2D eigenvalue weighted by atomic mass is 10.1. The number of carboxylic acid groups (broad SMARTS) is 1. The van der Waals surface area contributed by atoms with Crippen molar-refractivity contribution in [3.63, 3.8) is 0 Å². The van der Waals surface area contributed by atoms with Crippen molar-refractivity contribution >= 4 is 39.5 Å². The van der Waals surface area contributed by atoms with E-state index in [2.05, 4.69) is 33.5 Å². The number of aliphatic imine (C=N–C) groups is 1. The molecular weight excluding hydrogens is 348 g/mol. The van der Waals surface area contributed by atoms with Crippen molar-refractivity contribution in [2.45, 2.75) is 13.3 Å². The fourth-order valence-electron chi connectivity index (χ4n) is 3.45. The minimum Gasteiger partial charge on any atom is -0.481 e. The number of hydrogen-bond donors (Lipinski definition) is 2. The van der Waals surface area contributed by atoms with E-state index in [0.29, 0.717) is 6.54 Å². The molecule has 0 saturated carbocycles. The Morgan fingerprint density at radius 2 is 2.04 bits per heavy atom. The van der Waals surface area contributed by atoms with Gasteiger partial charge in [-0.25, -0.2) is 4.99 Å². The second kappa shape index (κ2) is 7.09. The van der Waals surface area contributed by atoms with Crippen LogP contribution in [0.25, 0.3) is 0 Å². The molecular formula is C19H22N4O2S. The zero-order valence-electron chi connectivity index (χ0n) is 14.7. The number of benzene rings is 1. The Bertz CT molecular complexity index is 853. The van der Waals surface area contributed by atoms with E-state index in [-0.39, 0.29) is 6.42 Å². The third-order valence-corrected chi connectivity index (χ3v) is 5.90. The molecule has 2 aromatic rings. The number of hydrogen-bond acceptors (Lipinski definition) is 6. The van der Waals surface area contributed by atoms with Gasteiger partial charge in [0.15, 0.2) is 0 Å². The number of aliphatic carboxylic acids is 1. The Kier molecular flexibility index (Phi) is 4.65. The van der Waals surface area contributed by atoms with E-state index in [0.717, 1.165) is 48.4 Å². The van der Waals surface area contributed by atoms with E-state index in [4.69, 9.17) is 10.1 Å². The molecule has 0 radical (unpaired) electrons. The minimum absolute atomic E-state index is 0.200. The van der Waals surface area contributed by atoms with Crippen LogP contribution in [0.3, 0.4) is 0 Å². The topological polar surface area (TPSA) is 68.2 Å². The molecule has 1 aromatic heterocycles. The van der Waals surface area contributed by atoms with Crippen LogP contribution in [0.15, 0.2) is 34.6 Å². The number of anilines is 2. The van der Waals surface area contributed by atoms with Crippen LogP contribution >= 0.6 is 11.3 Å². The highest BCUT2D eigenvalue weighted by Gasteiger charge is 2.27. The van der Waals surface area contributed by atoms with Crippen molar-refractivity contribution < 1.29 is 9.90 Å². The zero-order chi connectivity index (χ0) is 18.1. The molecule has 0 unspecified atom stereocenters. The first-order valence-electron chi connectivity index (χ1n) is 8.84. The molecule has 26 heavy (non-hydrogen) atoms. The second-order valence-corrected chi connectivity index (χ2v) is 7.55. The van der Waals surface area contributed by atoms with Gasteiger partial charge in [-0.3, -0.25) is 9.69 Å². The summed E-state index contributed by atoms with van der Waals surface area (Å²) in [5, 5.41) is 15.7. The van der Waals surface area contributed by atoms with Gasteiger partial charge in [0.05, 0.1) is 23.4 Å². The summed E-state index contributed by atoms with van der Waals surface area (Å²) in [6.45, 7) is 6.18. The molecule has 3 heterocycles. The van der Waals surface area contributed by atoms with E-state index in [1.807, 2.05) is 18.2 Å². The maximum Gasteiger partial charge on any atom is 0.304 e. The maximum atomic E-state index is 10.8. The highest BCUT2D eigenvalue weighted by molar-refractivity contribution is 7.14. The average Bonchev–Trinajstić information content (AvgIpc) is 2.91. The van der Waals surface area contributed by atoms with Gasteiger partial charge < -0.3 is 15.3 Å². The maximum absolute atomic E-state index is 10.8. The molecule has 7 heteroatoms. The lowest BCUT2D eigenvalue weighted by molar-refractivity contribution is -0.137. The van der Waals surface area contributed by atoms with Gasteiger partial charge in [0.25, 0.3) is 0 Å². The quantitative estimate of drug-likeness (QED) is 0.868. The number of thiophene rings is 1. The van der Waals surface area contributed by atoms with Crippen LogP contribution in [-0.2, 0) is 4.79 Å². The summed E-state index contributed by atoms with van der Waals surface area (Å²) in [7, 11) is 0. The Balaban J connectivity index is 1.60. The van der Waals surface area contributed by atoms with E-state index >= 15 is 0 Å². The van der Waals surface area contributed by atoms with Crippen molar-refractivity contribution in [3.05, 3.63) is 40.8 Å².